The van der Waals surface area contributed by atoms with Crippen molar-refractivity contribution in [2.75, 3.05) is 46.3 Å². The highest BCUT2D eigenvalue weighted by Crippen LogP contribution is 2.38. The number of likely N-dealkylation sites (N-methyl/N-ethyl adjacent to an activating group) is 1. The number of anilines is 1. The van der Waals surface area contributed by atoms with E-state index in [-0.39, 0.29) is 38.7 Å². The number of rotatable bonds is 13. The van der Waals surface area contributed by atoms with Crippen LogP contribution in [0.3, 0.4) is 0 Å². The van der Waals surface area contributed by atoms with E-state index in [0.717, 1.165) is 4.31 Å². The Kier molecular flexibility index (Phi) is 11.4. The van der Waals surface area contributed by atoms with E-state index in [2.05, 4.69) is 5.32 Å². The topological polar surface area (TPSA) is 124 Å². The van der Waals surface area contributed by atoms with Gasteiger partial charge < -0.3 is 29.2 Å². The van der Waals surface area contributed by atoms with Crippen LogP contribution in [-0.2, 0) is 26.2 Å². The lowest BCUT2D eigenvalue weighted by atomic mass is 10.1. The third kappa shape index (κ3) is 7.38. The predicted octanol–water partition coefficient (Wildman–Crippen LogP) is 4.39. The summed E-state index contributed by atoms with van der Waals surface area (Å²) in [6.07, 6.45) is 0. The fraction of sp³-hybridized carbons (Fsp3) is 0.310. The average molecular weight is 655 g/mol. The standard InChI is InChI=1S/C29H33Cl2N3O8S/c1-18(29(36)32-2)33(16-21-22(30)8-7-9-23(21)31)28(35)17-34(24-14-19(39-3)10-12-25(24)40-4)43(37,38)20-11-13-26(41-5)27(15-20)42-6/h7-15,18H,16-17H2,1-6H3,(H,32,36)/t18-/m1/s1. The Balaban J connectivity index is 2.20. The molecule has 0 unspecified atom stereocenters. The molecule has 1 N–H and O–H groups in total. The molecule has 0 aliphatic rings. The summed E-state index contributed by atoms with van der Waals surface area (Å²) >= 11 is 12.8. The van der Waals surface area contributed by atoms with Crippen LogP contribution in [0.1, 0.15) is 12.5 Å². The maximum atomic E-state index is 14.3. The first-order valence-corrected chi connectivity index (χ1v) is 15.0. The molecule has 0 fully saturated rings. The van der Waals surface area contributed by atoms with Gasteiger partial charge in [-0.15, -0.1) is 0 Å². The largest absolute Gasteiger partial charge is 0.497 e. The van der Waals surface area contributed by atoms with Crippen LogP contribution in [0.25, 0.3) is 0 Å². The molecule has 0 saturated carbocycles. The Hall–Kier alpha value is -3.87. The number of amides is 2. The number of sulfonamides is 1. The summed E-state index contributed by atoms with van der Waals surface area (Å²) < 4.78 is 50.9. The molecule has 11 nitrogen and oxygen atoms in total. The lowest BCUT2D eigenvalue weighted by molar-refractivity contribution is -0.139. The number of benzene rings is 3. The van der Waals surface area contributed by atoms with E-state index in [1.54, 1.807) is 24.3 Å². The maximum Gasteiger partial charge on any atom is 0.265 e. The third-order valence-corrected chi connectivity index (χ3v) is 9.14. The van der Waals surface area contributed by atoms with E-state index >= 15 is 0 Å². The molecule has 0 heterocycles. The van der Waals surface area contributed by atoms with Gasteiger partial charge in [-0.25, -0.2) is 8.42 Å². The van der Waals surface area contributed by atoms with Gasteiger partial charge in [0.2, 0.25) is 11.8 Å². The molecule has 14 heteroatoms. The highest BCUT2D eigenvalue weighted by molar-refractivity contribution is 7.92. The van der Waals surface area contributed by atoms with Crippen LogP contribution >= 0.6 is 23.2 Å². The van der Waals surface area contributed by atoms with Crippen molar-refractivity contribution in [1.29, 1.82) is 0 Å². The van der Waals surface area contributed by atoms with Crippen LogP contribution in [-0.4, -0.2) is 73.2 Å². The predicted molar refractivity (Wildman–Crippen MR) is 164 cm³/mol. The molecule has 3 aromatic rings. The summed E-state index contributed by atoms with van der Waals surface area (Å²) in [6.45, 7) is 0.607. The Labute approximate surface area is 261 Å². The van der Waals surface area contributed by atoms with Crippen LogP contribution in [0, 0.1) is 0 Å². The number of hydrogen-bond donors (Lipinski definition) is 1. The number of carbonyl (C=O) groups is 2. The Morgan fingerprint density at radius 2 is 1.47 bits per heavy atom. The van der Waals surface area contributed by atoms with E-state index < -0.39 is 34.4 Å². The summed E-state index contributed by atoms with van der Waals surface area (Å²) in [4.78, 5) is 27.9. The van der Waals surface area contributed by atoms with E-state index in [1.807, 2.05) is 0 Å². The zero-order valence-electron chi connectivity index (χ0n) is 24.5. The van der Waals surface area contributed by atoms with Crippen molar-refractivity contribution in [1.82, 2.24) is 10.2 Å². The number of nitrogens with zero attached hydrogens (tertiary/aromatic N) is 2. The van der Waals surface area contributed by atoms with Crippen LogP contribution in [0.5, 0.6) is 23.0 Å². The van der Waals surface area contributed by atoms with Crippen molar-refractivity contribution in [3.05, 3.63) is 70.2 Å². The van der Waals surface area contributed by atoms with Gasteiger partial charge in [0.05, 0.1) is 39.0 Å². The second kappa shape index (κ2) is 14.5. The van der Waals surface area contributed by atoms with Crippen LogP contribution < -0.4 is 28.6 Å². The monoisotopic (exact) mass is 653 g/mol. The first-order valence-electron chi connectivity index (χ1n) is 12.8. The first-order chi connectivity index (χ1) is 20.4. The van der Waals surface area contributed by atoms with Gasteiger partial charge in [-0.2, -0.15) is 0 Å². The van der Waals surface area contributed by atoms with Crippen molar-refractivity contribution in [2.45, 2.75) is 24.4 Å². The SMILES string of the molecule is CNC(=O)[C@@H](C)N(Cc1c(Cl)cccc1Cl)C(=O)CN(c1cc(OC)ccc1OC)S(=O)(=O)c1ccc(OC)c(OC)c1. The minimum atomic E-state index is -4.48. The van der Waals surface area contributed by atoms with Gasteiger partial charge in [0, 0.05) is 41.3 Å². The normalized spacial score (nSPS) is 11.7. The molecular weight excluding hydrogens is 621 g/mol. The number of nitrogens with one attached hydrogen (secondary N) is 1. The van der Waals surface area contributed by atoms with Crippen molar-refractivity contribution in [3.8, 4) is 23.0 Å². The molecule has 43 heavy (non-hydrogen) atoms. The molecule has 0 radical (unpaired) electrons. The van der Waals surface area contributed by atoms with Gasteiger partial charge in [-0.3, -0.25) is 13.9 Å². The quantitative estimate of drug-likeness (QED) is 0.288. The Morgan fingerprint density at radius 3 is 2.02 bits per heavy atom. The Morgan fingerprint density at radius 1 is 0.860 bits per heavy atom. The molecule has 0 bridgehead atoms. The molecule has 232 valence electrons. The lowest BCUT2D eigenvalue weighted by Gasteiger charge is -2.32. The third-order valence-electron chi connectivity index (χ3n) is 6.68. The summed E-state index contributed by atoms with van der Waals surface area (Å²) in [5.74, 6) is -0.265. The van der Waals surface area contributed by atoms with Crippen LogP contribution in [0.4, 0.5) is 5.69 Å². The first kappa shape index (κ1) is 33.6. The van der Waals surface area contributed by atoms with Crippen molar-refractivity contribution in [2.24, 2.45) is 0 Å². The molecule has 0 spiro atoms. The number of halogens is 2. The molecule has 2 amide bonds. The highest BCUT2D eigenvalue weighted by atomic mass is 35.5. The second-order valence-electron chi connectivity index (χ2n) is 9.08. The van der Waals surface area contributed by atoms with Crippen LogP contribution in [0.2, 0.25) is 10.0 Å². The zero-order valence-corrected chi connectivity index (χ0v) is 26.8. The summed E-state index contributed by atoms with van der Waals surface area (Å²) in [5, 5.41) is 3.07. The van der Waals surface area contributed by atoms with Gasteiger partial charge in [0.15, 0.2) is 11.5 Å². The van der Waals surface area contributed by atoms with E-state index in [4.69, 9.17) is 42.1 Å². The Bertz CT molecular complexity index is 1570. The number of ether oxygens (including phenoxy) is 4. The smallest absolute Gasteiger partial charge is 0.265 e. The minimum absolute atomic E-state index is 0.0216. The van der Waals surface area contributed by atoms with Gasteiger partial charge in [0.1, 0.15) is 24.1 Å². The number of hydrogen-bond acceptors (Lipinski definition) is 8. The van der Waals surface area contributed by atoms with Crippen LogP contribution in [0.15, 0.2) is 59.5 Å². The summed E-state index contributed by atoms with van der Waals surface area (Å²) in [5.41, 5.74) is 0.413. The number of methoxy groups -OCH3 is 4. The zero-order chi connectivity index (χ0) is 31.9. The van der Waals surface area contributed by atoms with Gasteiger partial charge >= 0.3 is 0 Å². The van der Waals surface area contributed by atoms with E-state index in [9.17, 15) is 18.0 Å². The molecule has 0 saturated heterocycles. The molecule has 0 aliphatic carbocycles. The molecule has 3 aromatic carbocycles. The molecule has 0 aromatic heterocycles. The van der Waals surface area contributed by atoms with Crippen molar-refractivity contribution < 1.29 is 37.0 Å². The van der Waals surface area contributed by atoms with Gasteiger partial charge in [0.25, 0.3) is 10.0 Å². The summed E-state index contributed by atoms with van der Waals surface area (Å²) in [6, 6.07) is 12.4. The highest BCUT2D eigenvalue weighted by Gasteiger charge is 2.35. The fourth-order valence-electron chi connectivity index (χ4n) is 4.25. The van der Waals surface area contributed by atoms with E-state index in [1.165, 1.54) is 77.6 Å². The summed E-state index contributed by atoms with van der Waals surface area (Å²) in [7, 11) is 2.54. The van der Waals surface area contributed by atoms with Crippen molar-refractivity contribution >= 4 is 50.7 Å². The number of carbonyl (C=O) groups excluding carboxylic acids is 2. The van der Waals surface area contributed by atoms with Gasteiger partial charge in [-0.1, -0.05) is 29.3 Å². The molecule has 3 rings (SSSR count). The van der Waals surface area contributed by atoms with Gasteiger partial charge in [-0.05, 0) is 43.3 Å². The molecule has 0 aliphatic heterocycles. The van der Waals surface area contributed by atoms with Crippen molar-refractivity contribution in [3.63, 3.8) is 0 Å². The lowest BCUT2D eigenvalue weighted by Crippen LogP contribution is -2.50. The molecular formula is C29H33Cl2N3O8S. The molecule has 1 atom stereocenters. The second-order valence-corrected chi connectivity index (χ2v) is 11.8. The van der Waals surface area contributed by atoms with E-state index in [0.29, 0.717) is 17.1 Å². The average Bonchev–Trinajstić information content (AvgIpc) is 3.01. The minimum Gasteiger partial charge on any atom is -0.497 e. The fourth-order valence-corrected chi connectivity index (χ4v) is 6.20. The maximum absolute atomic E-state index is 14.3.